The number of carbonyl (C=O) groups excluding carboxylic acids is 2. The maximum Gasteiger partial charge on any atom is 0.239 e. The van der Waals surface area contributed by atoms with E-state index in [1.54, 1.807) is 40.2 Å². The van der Waals surface area contributed by atoms with E-state index in [9.17, 15) is 9.59 Å². The monoisotopic (exact) mass is 384 g/mol. The number of methoxy groups -OCH3 is 2. The van der Waals surface area contributed by atoms with Crippen molar-refractivity contribution in [1.82, 2.24) is 5.32 Å². The Morgan fingerprint density at radius 3 is 2.07 bits per heavy atom. The lowest BCUT2D eigenvalue weighted by Gasteiger charge is -2.23. The average Bonchev–Trinajstić information content (AvgIpc) is 2.64. The number of carbonyl (C=O) groups is 2. The molecular formula is C22H28N2O4. The topological polar surface area (TPSA) is 76.7 Å². The van der Waals surface area contributed by atoms with Gasteiger partial charge in [-0.05, 0) is 68.7 Å². The van der Waals surface area contributed by atoms with E-state index >= 15 is 0 Å². The highest BCUT2D eigenvalue weighted by atomic mass is 16.5. The zero-order chi connectivity index (χ0) is 20.9. The lowest BCUT2D eigenvalue weighted by molar-refractivity contribution is -0.138. The zero-order valence-corrected chi connectivity index (χ0v) is 17.3. The van der Waals surface area contributed by atoms with Gasteiger partial charge in [-0.2, -0.15) is 0 Å². The molecule has 2 rings (SSSR count). The Balaban J connectivity index is 2.04. The number of hydrogen-bond acceptors (Lipinski definition) is 4. The summed E-state index contributed by atoms with van der Waals surface area (Å²) in [5, 5.41) is 5.66. The molecule has 0 aliphatic heterocycles. The van der Waals surface area contributed by atoms with E-state index in [1.165, 1.54) is 0 Å². The molecule has 2 amide bonds. The van der Waals surface area contributed by atoms with E-state index in [0.717, 1.165) is 16.7 Å². The molecule has 0 aliphatic carbocycles. The lowest BCUT2D eigenvalue weighted by atomic mass is 9.90. The first-order valence-corrected chi connectivity index (χ1v) is 9.06. The normalized spacial score (nSPS) is 10.9. The molecule has 0 unspecified atom stereocenters. The van der Waals surface area contributed by atoms with Gasteiger partial charge in [-0.1, -0.05) is 12.1 Å². The molecule has 0 radical (unpaired) electrons. The number of hydrogen-bond donors (Lipinski definition) is 2. The molecule has 28 heavy (non-hydrogen) atoms. The van der Waals surface area contributed by atoms with Crippen molar-refractivity contribution in [2.75, 3.05) is 19.5 Å². The summed E-state index contributed by atoms with van der Waals surface area (Å²) in [6, 6.07) is 11.2. The maximum atomic E-state index is 12.7. The van der Waals surface area contributed by atoms with Crippen molar-refractivity contribution in [3.63, 3.8) is 0 Å². The Morgan fingerprint density at radius 1 is 0.893 bits per heavy atom. The minimum atomic E-state index is -1.23. The maximum absolute atomic E-state index is 12.7. The molecule has 0 aliphatic rings. The number of benzene rings is 2. The molecule has 0 spiro atoms. The van der Waals surface area contributed by atoms with Crippen LogP contribution in [0.2, 0.25) is 0 Å². The third kappa shape index (κ3) is 5.03. The Labute approximate surface area is 166 Å². The van der Waals surface area contributed by atoms with Crippen LogP contribution in [0.5, 0.6) is 11.5 Å². The van der Waals surface area contributed by atoms with Gasteiger partial charge in [-0.15, -0.1) is 0 Å². The van der Waals surface area contributed by atoms with Crippen molar-refractivity contribution >= 4 is 17.5 Å². The molecule has 0 heterocycles. The fourth-order valence-corrected chi connectivity index (χ4v) is 2.83. The van der Waals surface area contributed by atoms with Crippen LogP contribution in [0, 0.1) is 19.3 Å². The summed E-state index contributed by atoms with van der Waals surface area (Å²) in [5.74, 6) is 0.485. The minimum Gasteiger partial charge on any atom is -0.493 e. The van der Waals surface area contributed by atoms with E-state index in [4.69, 9.17) is 9.47 Å². The van der Waals surface area contributed by atoms with E-state index in [0.29, 0.717) is 17.2 Å². The van der Waals surface area contributed by atoms with Crippen LogP contribution in [-0.4, -0.2) is 26.0 Å². The molecule has 0 saturated carbocycles. The molecule has 6 heteroatoms. The van der Waals surface area contributed by atoms with Gasteiger partial charge in [0.1, 0.15) is 5.41 Å². The van der Waals surface area contributed by atoms with Gasteiger partial charge in [0, 0.05) is 12.2 Å². The van der Waals surface area contributed by atoms with Crippen LogP contribution in [0.15, 0.2) is 36.4 Å². The largest absolute Gasteiger partial charge is 0.493 e. The van der Waals surface area contributed by atoms with Gasteiger partial charge in [0.05, 0.1) is 14.2 Å². The summed E-state index contributed by atoms with van der Waals surface area (Å²) in [7, 11) is 3.12. The molecule has 2 N–H and O–H groups in total. The van der Waals surface area contributed by atoms with Crippen molar-refractivity contribution in [1.29, 1.82) is 0 Å². The highest BCUT2D eigenvalue weighted by Gasteiger charge is 2.36. The van der Waals surface area contributed by atoms with Crippen LogP contribution in [-0.2, 0) is 16.1 Å². The summed E-state index contributed by atoms with van der Waals surface area (Å²) < 4.78 is 10.5. The summed E-state index contributed by atoms with van der Waals surface area (Å²) >= 11 is 0. The first kappa shape index (κ1) is 21.3. The fraction of sp³-hybridized carbons (Fsp3) is 0.364. The molecule has 0 fully saturated rings. The van der Waals surface area contributed by atoms with E-state index in [1.807, 2.05) is 38.1 Å². The smallest absolute Gasteiger partial charge is 0.239 e. The summed E-state index contributed by atoms with van der Waals surface area (Å²) in [4.78, 5) is 25.3. The molecule has 0 atom stereocenters. The van der Waals surface area contributed by atoms with Crippen molar-refractivity contribution in [3.8, 4) is 11.5 Å². The molecule has 0 saturated heterocycles. The Kier molecular flexibility index (Phi) is 6.67. The predicted octanol–water partition coefficient (Wildman–Crippen LogP) is 3.60. The number of rotatable bonds is 7. The van der Waals surface area contributed by atoms with E-state index < -0.39 is 5.41 Å². The van der Waals surface area contributed by atoms with Crippen molar-refractivity contribution < 1.29 is 19.1 Å². The summed E-state index contributed by atoms with van der Waals surface area (Å²) in [6.07, 6.45) is 0. The fourth-order valence-electron chi connectivity index (χ4n) is 2.83. The Bertz CT molecular complexity index is 855. The molecule has 150 valence electrons. The molecule has 6 nitrogen and oxygen atoms in total. The number of ether oxygens (including phenoxy) is 2. The molecular weight excluding hydrogens is 356 g/mol. The van der Waals surface area contributed by atoms with Crippen LogP contribution >= 0.6 is 0 Å². The van der Waals surface area contributed by atoms with Gasteiger partial charge in [0.2, 0.25) is 11.8 Å². The second-order valence-corrected chi connectivity index (χ2v) is 7.33. The van der Waals surface area contributed by atoms with Crippen LogP contribution in [0.1, 0.15) is 30.5 Å². The van der Waals surface area contributed by atoms with Gasteiger partial charge < -0.3 is 20.1 Å². The quantitative estimate of drug-likeness (QED) is 0.715. The average molecular weight is 384 g/mol. The number of nitrogens with one attached hydrogen (secondary N) is 2. The lowest BCUT2D eigenvalue weighted by Crippen LogP contribution is -2.44. The number of anilines is 1. The first-order chi connectivity index (χ1) is 13.2. The van der Waals surface area contributed by atoms with Crippen molar-refractivity contribution in [2.45, 2.75) is 34.2 Å². The van der Waals surface area contributed by atoms with E-state index in [-0.39, 0.29) is 18.4 Å². The predicted molar refractivity (Wildman–Crippen MR) is 110 cm³/mol. The van der Waals surface area contributed by atoms with Gasteiger partial charge in [-0.3, -0.25) is 9.59 Å². The Hall–Kier alpha value is -3.02. The summed E-state index contributed by atoms with van der Waals surface area (Å²) in [6.45, 7) is 7.41. The highest BCUT2D eigenvalue weighted by molar-refractivity contribution is 6.09. The minimum absolute atomic E-state index is 0.277. The highest BCUT2D eigenvalue weighted by Crippen LogP contribution is 2.27. The van der Waals surface area contributed by atoms with Crippen LogP contribution in [0.4, 0.5) is 5.69 Å². The SMILES string of the molecule is COc1ccc(CNC(=O)C(C)(C)C(=O)Nc2cc(C)cc(C)c2)cc1OC. The van der Waals surface area contributed by atoms with Gasteiger partial charge in [-0.25, -0.2) is 0 Å². The second-order valence-electron chi connectivity index (χ2n) is 7.33. The number of amides is 2. The first-order valence-electron chi connectivity index (χ1n) is 9.06. The van der Waals surface area contributed by atoms with Crippen molar-refractivity contribution in [2.24, 2.45) is 5.41 Å². The second kappa shape index (κ2) is 8.78. The zero-order valence-electron chi connectivity index (χ0n) is 17.3. The summed E-state index contributed by atoms with van der Waals surface area (Å²) in [5.41, 5.74) is 2.39. The van der Waals surface area contributed by atoms with Crippen LogP contribution in [0.3, 0.4) is 0 Å². The van der Waals surface area contributed by atoms with E-state index in [2.05, 4.69) is 10.6 Å². The van der Waals surface area contributed by atoms with Gasteiger partial charge >= 0.3 is 0 Å². The molecule has 0 aromatic heterocycles. The third-order valence-electron chi connectivity index (χ3n) is 4.52. The Morgan fingerprint density at radius 2 is 1.50 bits per heavy atom. The van der Waals surface area contributed by atoms with Crippen LogP contribution < -0.4 is 20.1 Å². The molecule has 2 aromatic carbocycles. The molecule has 2 aromatic rings. The van der Waals surface area contributed by atoms with Crippen molar-refractivity contribution in [3.05, 3.63) is 53.1 Å². The van der Waals surface area contributed by atoms with Gasteiger partial charge in [0.15, 0.2) is 11.5 Å². The number of aryl methyl sites for hydroxylation is 2. The van der Waals surface area contributed by atoms with Crippen LogP contribution in [0.25, 0.3) is 0 Å². The third-order valence-corrected chi connectivity index (χ3v) is 4.52. The van der Waals surface area contributed by atoms with Gasteiger partial charge in [0.25, 0.3) is 0 Å². The molecule has 0 bridgehead atoms. The standard InChI is InChI=1S/C22H28N2O4/c1-14-9-15(2)11-17(10-14)24-21(26)22(3,4)20(25)23-13-16-7-8-18(27-5)19(12-16)28-6/h7-12H,13H2,1-6H3,(H,23,25)(H,24,26).